The molecule has 2 rings (SSSR count). The molecule has 0 aliphatic carbocycles. The molecule has 9 heteroatoms. The SMILES string of the molecule is NC(=O)CN(CCC1CCN(c2cccc(C(F)(F)F)c2)CC1)C(=O)O. The van der Waals surface area contributed by atoms with E-state index in [0.717, 1.165) is 29.9 Å². The molecule has 0 unspecified atom stereocenters. The highest BCUT2D eigenvalue weighted by atomic mass is 19.4. The predicted octanol–water partition coefficient (Wildman–Crippen LogP) is 2.78. The number of benzene rings is 1. The molecule has 6 nitrogen and oxygen atoms in total. The molecule has 2 amide bonds. The van der Waals surface area contributed by atoms with Gasteiger partial charge in [0.25, 0.3) is 0 Å². The molecule has 1 aromatic rings. The number of nitrogens with zero attached hydrogens (tertiary/aromatic N) is 2. The fourth-order valence-corrected chi connectivity index (χ4v) is 3.13. The Bertz CT molecular complexity index is 644. The third-order valence-corrected chi connectivity index (χ3v) is 4.58. The quantitative estimate of drug-likeness (QED) is 0.803. The van der Waals surface area contributed by atoms with Crippen molar-refractivity contribution in [2.75, 3.05) is 31.1 Å². The highest BCUT2D eigenvalue weighted by Crippen LogP contribution is 2.33. The van der Waals surface area contributed by atoms with Gasteiger partial charge in [-0.15, -0.1) is 0 Å². The van der Waals surface area contributed by atoms with Crippen LogP contribution in [-0.2, 0) is 11.0 Å². The number of anilines is 1. The van der Waals surface area contributed by atoms with Crippen LogP contribution in [0.5, 0.6) is 0 Å². The number of halogens is 3. The molecule has 0 spiro atoms. The maximum atomic E-state index is 12.8. The lowest BCUT2D eigenvalue weighted by molar-refractivity contribution is -0.137. The lowest BCUT2D eigenvalue weighted by Crippen LogP contribution is -2.40. The molecule has 1 aromatic carbocycles. The fraction of sp³-hybridized carbons (Fsp3) is 0.529. The second kappa shape index (κ2) is 8.29. The van der Waals surface area contributed by atoms with Crippen LogP contribution in [0, 0.1) is 5.92 Å². The Morgan fingerprint density at radius 3 is 2.46 bits per heavy atom. The molecule has 1 saturated heterocycles. The summed E-state index contributed by atoms with van der Waals surface area (Å²) in [6, 6.07) is 5.27. The number of hydrogen-bond acceptors (Lipinski definition) is 3. The van der Waals surface area contributed by atoms with Crippen molar-refractivity contribution in [1.82, 2.24) is 4.90 Å². The number of rotatable bonds is 6. The van der Waals surface area contributed by atoms with E-state index in [1.807, 2.05) is 4.90 Å². The fourth-order valence-electron chi connectivity index (χ4n) is 3.13. The molecule has 1 aliphatic rings. The number of primary amides is 1. The number of hydrogen-bond donors (Lipinski definition) is 2. The zero-order chi connectivity index (χ0) is 19.3. The van der Waals surface area contributed by atoms with E-state index in [4.69, 9.17) is 10.8 Å². The maximum Gasteiger partial charge on any atom is 0.416 e. The van der Waals surface area contributed by atoms with Crippen LogP contribution >= 0.6 is 0 Å². The number of carbonyl (C=O) groups excluding carboxylic acids is 1. The van der Waals surface area contributed by atoms with Gasteiger partial charge in [-0.25, -0.2) is 4.79 Å². The topological polar surface area (TPSA) is 86.9 Å². The van der Waals surface area contributed by atoms with Crippen molar-refractivity contribution >= 4 is 17.7 Å². The summed E-state index contributed by atoms with van der Waals surface area (Å²) in [5.74, 6) is -0.446. The van der Waals surface area contributed by atoms with Crippen LogP contribution in [0.2, 0.25) is 0 Å². The molecule has 3 N–H and O–H groups in total. The zero-order valence-corrected chi connectivity index (χ0v) is 14.2. The second-order valence-electron chi connectivity index (χ2n) is 6.44. The minimum atomic E-state index is -4.37. The van der Waals surface area contributed by atoms with Crippen molar-refractivity contribution in [3.63, 3.8) is 0 Å². The van der Waals surface area contributed by atoms with Gasteiger partial charge in [0.2, 0.25) is 5.91 Å². The monoisotopic (exact) mass is 373 g/mol. The lowest BCUT2D eigenvalue weighted by Gasteiger charge is -2.34. The summed E-state index contributed by atoms with van der Waals surface area (Å²) in [6.45, 7) is 1.09. The summed E-state index contributed by atoms with van der Waals surface area (Å²) in [4.78, 5) is 24.9. The van der Waals surface area contributed by atoms with Gasteiger partial charge in [-0.05, 0) is 43.4 Å². The van der Waals surface area contributed by atoms with Crippen LogP contribution in [0.15, 0.2) is 24.3 Å². The molecule has 0 atom stereocenters. The zero-order valence-electron chi connectivity index (χ0n) is 14.2. The van der Waals surface area contributed by atoms with Crippen LogP contribution in [0.4, 0.5) is 23.7 Å². The Labute approximate surface area is 149 Å². The van der Waals surface area contributed by atoms with Gasteiger partial charge in [0.05, 0.1) is 5.56 Å². The van der Waals surface area contributed by atoms with Crippen molar-refractivity contribution in [3.05, 3.63) is 29.8 Å². The van der Waals surface area contributed by atoms with Crippen molar-refractivity contribution in [2.45, 2.75) is 25.4 Å². The Hall–Kier alpha value is -2.45. The second-order valence-corrected chi connectivity index (χ2v) is 6.44. The van der Waals surface area contributed by atoms with E-state index in [9.17, 15) is 22.8 Å². The first-order chi connectivity index (χ1) is 12.2. The average molecular weight is 373 g/mol. The summed E-state index contributed by atoms with van der Waals surface area (Å²) >= 11 is 0. The molecule has 0 aromatic heterocycles. The van der Waals surface area contributed by atoms with Gasteiger partial charge in [-0.3, -0.25) is 9.69 Å². The van der Waals surface area contributed by atoms with Crippen molar-refractivity contribution < 1.29 is 27.9 Å². The van der Waals surface area contributed by atoms with E-state index in [1.165, 1.54) is 6.07 Å². The van der Waals surface area contributed by atoms with Gasteiger partial charge in [0, 0.05) is 25.3 Å². The van der Waals surface area contributed by atoms with Crippen molar-refractivity contribution in [2.24, 2.45) is 11.7 Å². The number of amides is 2. The van der Waals surface area contributed by atoms with E-state index in [0.29, 0.717) is 25.2 Å². The Kier molecular flexibility index (Phi) is 6.33. The normalized spacial score (nSPS) is 15.7. The number of alkyl halides is 3. The molecule has 144 valence electrons. The van der Waals surface area contributed by atoms with E-state index in [2.05, 4.69) is 0 Å². The van der Waals surface area contributed by atoms with Gasteiger partial charge >= 0.3 is 12.3 Å². The van der Waals surface area contributed by atoms with Crippen LogP contribution in [0.1, 0.15) is 24.8 Å². The summed E-state index contributed by atoms with van der Waals surface area (Å²) in [6.07, 6.45) is -3.46. The highest BCUT2D eigenvalue weighted by Gasteiger charge is 2.31. The van der Waals surface area contributed by atoms with Crippen LogP contribution < -0.4 is 10.6 Å². The third kappa shape index (κ3) is 5.53. The number of carbonyl (C=O) groups is 2. The summed E-state index contributed by atoms with van der Waals surface area (Å²) in [5.41, 5.74) is 4.91. The minimum absolute atomic E-state index is 0.215. The Balaban J connectivity index is 1.87. The summed E-state index contributed by atoms with van der Waals surface area (Å²) < 4.78 is 38.5. The van der Waals surface area contributed by atoms with Gasteiger partial charge in [0.1, 0.15) is 6.54 Å². The first kappa shape index (κ1) is 19.9. The van der Waals surface area contributed by atoms with E-state index < -0.39 is 23.7 Å². The van der Waals surface area contributed by atoms with Gasteiger partial charge in [-0.1, -0.05) is 6.07 Å². The number of carboxylic acid groups (broad SMARTS) is 1. The largest absolute Gasteiger partial charge is 0.465 e. The molecular weight excluding hydrogens is 351 g/mol. The van der Waals surface area contributed by atoms with E-state index in [-0.39, 0.29) is 19.0 Å². The molecule has 0 radical (unpaired) electrons. The van der Waals surface area contributed by atoms with Gasteiger partial charge in [-0.2, -0.15) is 13.2 Å². The van der Waals surface area contributed by atoms with Crippen molar-refractivity contribution in [1.29, 1.82) is 0 Å². The van der Waals surface area contributed by atoms with E-state index >= 15 is 0 Å². The highest BCUT2D eigenvalue weighted by molar-refractivity contribution is 5.80. The standard InChI is InChI=1S/C17H22F3N3O3/c18-17(19,20)13-2-1-3-14(10-13)22-7-4-12(5-8-22)6-9-23(16(25)26)11-15(21)24/h1-3,10,12H,4-9,11H2,(H2,21,24)(H,25,26). The molecule has 0 saturated carbocycles. The predicted molar refractivity (Wildman–Crippen MR) is 89.8 cm³/mol. The van der Waals surface area contributed by atoms with Crippen LogP contribution in [0.3, 0.4) is 0 Å². The lowest BCUT2D eigenvalue weighted by atomic mass is 9.93. The van der Waals surface area contributed by atoms with Crippen molar-refractivity contribution in [3.8, 4) is 0 Å². The first-order valence-corrected chi connectivity index (χ1v) is 8.35. The maximum absolute atomic E-state index is 12.8. The average Bonchev–Trinajstić information content (AvgIpc) is 2.58. The number of piperidine rings is 1. The summed E-state index contributed by atoms with van der Waals surface area (Å²) in [7, 11) is 0. The molecule has 1 fully saturated rings. The first-order valence-electron chi connectivity index (χ1n) is 8.35. The molecule has 0 bridgehead atoms. The Morgan fingerprint density at radius 1 is 1.27 bits per heavy atom. The van der Waals surface area contributed by atoms with Crippen LogP contribution in [0.25, 0.3) is 0 Å². The van der Waals surface area contributed by atoms with Crippen LogP contribution in [-0.4, -0.2) is 48.2 Å². The Morgan fingerprint density at radius 2 is 1.92 bits per heavy atom. The summed E-state index contributed by atoms with van der Waals surface area (Å²) in [5, 5.41) is 9.05. The molecular formula is C17H22F3N3O3. The smallest absolute Gasteiger partial charge is 0.416 e. The molecule has 1 aliphatic heterocycles. The van der Waals surface area contributed by atoms with Gasteiger partial charge < -0.3 is 15.7 Å². The minimum Gasteiger partial charge on any atom is -0.465 e. The molecule has 26 heavy (non-hydrogen) atoms. The van der Waals surface area contributed by atoms with Gasteiger partial charge in [0.15, 0.2) is 0 Å². The van der Waals surface area contributed by atoms with E-state index in [1.54, 1.807) is 6.07 Å². The third-order valence-electron chi connectivity index (χ3n) is 4.58. The number of nitrogens with two attached hydrogens (primary N) is 1. The molecule has 1 heterocycles.